The molecule has 0 aliphatic heterocycles. The minimum absolute atomic E-state index is 0.146. The first kappa shape index (κ1) is 28.1. The largest absolute Gasteiger partial charge is 0.247 e. The van der Waals surface area contributed by atoms with Gasteiger partial charge in [-0.2, -0.15) is 0 Å². The Bertz CT molecular complexity index is 2550. The van der Waals surface area contributed by atoms with Crippen molar-refractivity contribution in [2.45, 2.75) is 5.92 Å². The van der Waals surface area contributed by atoms with Crippen molar-refractivity contribution in [1.82, 2.24) is 4.98 Å². The van der Waals surface area contributed by atoms with Gasteiger partial charge in [-0.3, -0.25) is 0 Å². The lowest BCUT2D eigenvalue weighted by Gasteiger charge is -2.19. The fraction of sp³-hybridized carbons (Fsp3) is 0.0217. The zero-order valence-electron chi connectivity index (χ0n) is 26.1. The Morgan fingerprint density at radius 3 is 1.46 bits per heavy atom. The number of fused-ring (bicyclic) bond motifs is 8. The number of pyridine rings is 1. The van der Waals surface area contributed by atoms with Crippen molar-refractivity contribution < 1.29 is 4.39 Å². The fourth-order valence-electron chi connectivity index (χ4n) is 7.41. The Kier molecular flexibility index (Phi) is 6.80. The van der Waals surface area contributed by atoms with Crippen LogP contribution < -0.4 is 0 Å². The third kappa shape index (κ3) is 4.73. The third-order valence-corrected chi connectivity index (χ3v) is 9.63. The van der Waals surface area contributed by atoms with Gasteiger partial charge < -0.3 is 0 Å². The summed E-state index contributed by atoms with van der Waals surface area (Å²) in [6, 6.07) is 60.9. The molecule has 0 bridgehead atoms. The van der Waals surface area contributed by atoms with Crippen molar-refractivity contribution in [3.05, 3.63) is 198 Å². The van der Waals surface area contributed by atoms with Crippen molar-refractivity contribution in [3.8, 4) is 22.4 Å². The average Bonchev–Trinajstić information content (AvgIpc) is 3.16. The zero-order chi connectivity index (χ0) is 32.0. The molecule has 0 amide bonds. The van der Waals surface area contributed by atoms with Crippen LogP contribution in [0.25, 0.3) is 65.6 Å². The predicted octanol–water partition coefficient (Wildman–Crippen LogP) is 12.3. The molecule has 1 heterocycles. The van der Waals surface area contributed by atoms with E-state index in [1.165, 1.54) is 50.4 Å². The predicted molar refractivity (Wildman–Crippen MR) is 199 cm³/mol. The molecular weight excluding hydrogens is 586 g/mol. The summed E-state index contributed by atoms with van der Waals surface area (Å²) < 4.78 is 14.1. The van der Waals surface area contributed by atoms with E-state index < -0.39 is 0 Å². The molecule has 2 heteroatoms. The molecule has 0 spiro atoms. The van der Waals surface area contributed by atoms with Crippen molar-refractivity contribution in [2.75, 3.05) is 0 Å². The quantitative estimate of drug-likeness (QED) is 0.139. The van der Waals surface area contributed by atoms with Gasteiger partial charge in [-0.05, 0) is 79.7 Å². The molecule has 0 fully saturated rings. The highest BCUT2D eigenvalue weighted by Crippen LogP contribution is 2.43. The average molecular weight is 616 g/mol. The van der Waals surface area contributed by atoms with Gasteiger partial charge in [0.15, 0.2) is 0 Å². The summed E-state index contributed by atoms with van der Waals surface area (Å²) >= 11 is 0. The second kappa shape index (κ2) is 11.6. The molecule has 1 nitrogen and oxygen atoms in total. The van der Waals surface area contributed by atoms with E-state index in [1.54, 1.807) is 0 Å². The Morgan fingerprint density at radius 1 is 0.375 bits per heavy atom. The third-order valence-electron chi connectivity index (χ3n) is 9.63. The summed E-state index contributed by atoms with van der Waals surface area (Å²) in [6.45, 7) is 0. The van der Waals surface area contributed by atoms with E-state index in [0.717, 1.165) is 44.1 Å². The van der Waals surface area contributed by atoms with Crippen molar-refractivity contribution in [3.63, 3.8) is 0 Å². The summed E-state index contributed by atoms with van der Waals surface area (Å²) in [6.07, 6.45) is 0. The van der Waals surface area contributed by atoms with Crippen LogP contribution in [0.3, 0.4) is 0 Å². The summed E-state index contributed by atoms with van der Waals surface area (Å²) in [5.74, 6) is -0.112. The number of nitrogens with zero attached hydrogens (tertiary/aromatic N) is 1. The van der Waals surface area contributed by atoms with Crippen LogP contribution in [0, 0.1) is 5.82 Å². The molecule has 0 saturated carbocycles. The molecule has 48 heavy (non-hydrogen) atoms. The van der Waals surface area contributed by atoms with E-state index in [-0.39, 0.29) is 11.7 Å². The first-order valence-corrected chi connectivity index (χ1v) is 16.4. The Labute approximate surface area is 278 Å². The SMILES string of the molecule is Fc1ccc(-c2nc3cc(-c4ccc(C(c5ccccc5)c5ccccc5)cc4)ccc3c3c4ccccc4c4ccccc4c23)cc1. The smallest absolute Gasteiger partial charge is 0.123 e. The molecule has 0 saturated heterocycles. The zero-order valence-corrected chi connectivity index (χ0v) is 26.1. The van der Waals surface area contributed by atoms with Gasteiger partial charge in [-0.1, -0.05) is 146 Å². The van der Waals surface area contributed by atoms with E-state index in [2.05, 4.69) is 152 Å². The Morgan fingerprint density at radius 2 is 0.854 bits per heavy atom. The van der Waals surface area contributed by atoms with Crippen molar-refractivity contribution >= 4 is 43.2 Å². The molecule has 0 aliphatic rings. The van der Waals surface area contributed by atoms with E-state index >= 15 is 0 Å². The van der Waals surface area contributed by atoms with E-state index in [1.807, 2.05) is 12.1 Å². The molecule has 0 unspecified atom stereocenters. The fourth-order valence-corrected chi connectivity index (χ4v) is 7.41. The minimum Gasteiger partial charge on any atom is -0.247 e. The van der Waals surface area contributed by atoms with Crippen LogP contribution in [-0.4, -0.2) is 4.98 Å². The van der Waals surface area contributed by atoms with Gasteiger partial charge >= 0.3 is 0 Å². The Hall–Kier alpha value is -6.12. The summed E-state index contributed by atoms with van der Waals surface area (Å²) in [5.41, 5.74) is 8.69. The van der Waals surface area contributed by atoms with E-state index in [0.29, 0.717) is 0 Å². The van der Waals surface area contributed by atoms with Crippen LogP contribution in [0.1, 0.15) is 22.6 Å². The summed E-state index contributed by atoms with van der Waals surface area (Å²) in [7, 11) is 0. The number of benzene rings is 8. The van der Waals surface area contributed by atoms with Gasteiger partial charge in [0.25, 0.3) is 0 Å². The number of rotatable bonds is 5. The maximum atomic E-state index is 14.1. The van der Waals surface area contributed by atoms with Gasteiger partial charge in [0, 0.05) is 27.6 Å². The second-order valence-corrected chi connectivity index (χ2v) is 12.4. The topological polar surface area (TPSA) is 12.9 Å². The highest BCUT2D eigenvalue weighted by Gasteiger charge is 2.19. The molecule has 8 aromatic carbocycles. The normalized spacial score (nSPS) is 11.6. The van der Waals surface area contributed by atoms with Crippen LogP contribution >= 0.6 is 0 Å². The highest BCUT2D eigenvalue weighted by atomic mass is 19.1. The molecule has 1 aromatic heterocycles. The number of hydrogen-bond donors (Lipinski definition) is 0. The van der Waals surface area contributed by atoms with Gasteiger partial charge in [0.2, 0.25) is 0 Å². The van der Waals surface area contributed by atoms with Gasteiger partial charge in [-0.15, -0.1) is 0 Å². The van der Waals surface area contributed by atoms with E-state index in [9.17, 15) is 4.39 Å². The highest BCUT2D eigenvalue weighted by molar-refractivity contribution is 6.33. The molecule has 9 rings (SSSR count). The standard InChI is InChI=1S/C46H30FN/c47-36-26-23-34(24-27-36)46-45-40-18-10-8-16-38(40)37-15-7-9-17-39(37)44(45)41-28-25-35(29-42(41)48-46)30-19-21-33(22-20-30)43(31-11-3-1-4-12-31)32-13-5-2-6-14-32/h1-29,43H. The summed E-state index contributed by atoms with van der Waals surface area (Å²) in [5, 5.41) is 8.09. The number of hydrogen-bond acceptors (Lipinski definition) is 1. The molecule has 0 aliphatic carbocycles. The lowest BCUT2D eigenvalue weighted by atomic mass is 9.84. The maximum Gasteiger partial charge on any atom is 0.123 e. The van der Waals surface area contributed by atoms with Gasteiger partial charge in [-0.25, -0.2) is 9.37 Å². The van der Waals surface area contributed by atoms with E-state index in [4.69, 9.17) is 4.98 Å². The first-order valence-electron chi connectivity index (χ1n) is 16.4. The van der Waals surface area contributed by atoms with Crippen molar-refractivity contribution in [1.29, 1.82) is 0 Å². The first-order chi connectivity index (χ1) is 23.7. The van der Waals surface area contributed by atoms with Crippen LogP contribution in [0.2, 0.25) is 0 Å². The van der Waals surface area contributed by atoms with Gasteiger partial charge in [0.05, 0.1) is 11.2 Å². The summed E-state index contributed by atoms with van der Waals surface area (Å²) in [4.78, 5) is 5.35. The Balaban J connectivity index is 1.25. The maximum absolute atomic E-state index is 14.1. The number of halogens is 1. The van der Waals surface area contributed by atoms with Crippen LogP contribution in [-0.2, 0) is 0 Å². The van der Waals surface area contributed by atoms with Gasteiger partial charge in [0.1, 0.15) is 5.82 Å². The second-order valence-electron chi connectivity index (χ2n) is 12.4. The monoisotopic (exact) mass is 615 g/mol. The molecule has 9 aromatic rings. The molecule has 0 N–H and O–H groups in total. The molecule has 226 valence electrons. The number of aromatic nitrogens is 1. The lowest BCUT2D eigenvalue weighted by Crippen LogP contribution is -2.03. The minimum atomic E-state index is -0.258. The molecule has 0 atom stereocenters. The molecule has 0 radical (unpaired) electrons. The van der Waals surface area contributed by atoms with Crippen molar-refractivity contribution in [2.24, 2.45) is 0 Å². The van der Waals surface area contributed by atoms with Crippen LogP contribution in [0.5, 0.6) is 0 Å². The van der Waals surface area contributed by atoms with Crippen LogP contribution in [0.15, 0.2) is 176 Å². The lowest BCUT2D eigenvalue weighted by molar-refractivity contribution is 0.628. The van der Waals surface area contributed by atoms with Crippen LogP contribution in [0.4, 0.5) is 4.39 Å². The molecular formula is C46H30FN.